The molecule has 1 unspecified atom stereocenters. The van der Waals surface area contributed by atoms with Crippen molar-refractivity contribution in [3.05, 3.63) is 53.0 Å². The van der Waals surface area contributed by atoms with Crippen molar-refractivity contribution < 1.29 is 17.6 Å². The van der Waals surface area contributed by atoms with Crippen LogP contribution in [0, 0.1) is 13.8 Å². The lowest BCUT2D eigenvalue weighted by atomic mass is 10.1. The number of nitrogens with zero attached hydrogens (tertiary/aromatic N) is 1. The molecule has 146 valence electrons. The van der Waals surface area contributed by atoms with Crippen LogP contribution >= 0.6 is 0 Å². The van der Waals surface area contributed by atoms with Gasteiger partial charge in [0.1, 0.15) is 11.5 Å². The van der Waals surface area contributed by atoms with E-state index in [-0.39, 0.29) is 16.8 Å². The summed E-state index contributed by atoms with van der Waals surface area (Å²) in [5.41, 5.74) is 1.25. The van der Waals surface area contributed by atoms with Gasteiger partial charge in [-0.05, 0) is 57.9 Å². The zero-order valence-electron chi connectivity index (χ0n) is 16.0. The molecular weight excluding hydrogens is 364 g/mol. The van der Waals surface area contributed by atoms with Gasteiger partial charge in [-0.25, -0.2) is 8.42 Å². The SMILES string of the molecule is Cc1cc(C(C)NC(=O)c2cccc(S(=O)(=O)N3CCCCC3)c2)c(C)o1. The Morgan fingerprint density at radius 1 is 1.15 bits per heavy atom. The van der Waals surface area contributed by atoms with E-state index >= 15 is 0 Å². The van der Waals surface area contributed by atoms with Crippen LogP contribution in [0.2, 0.25) is 0 Å². The van der Waals surface area contributed by atoms with E-state index in [0.717, 1.165) is 36.3 Å². The molecule has 0 saturated carbocycles. The second-order valence-electron chi connectivity index (χ2n) is 7.06. The number of sulfonamides is 1. The maximum absolute atomic E-state index is 12.8. The minimum absolute atomic E-state index is 0.167. The molecule has 1 aromatic carbocycles. The highest BCUT2D eigenvalue weighted by Crippen LogP contribution is 2.23. The van der Waals surface area contributed by atoms with Crippen LogP contribution in [-0.4, -0.2) is 31.7 Å². The minimum atomic E-state index is -3.56. The van der Waals surface area contributed by atoms with Crippen molar-refractivity contribution in [2.75, 3.05) is 13.1 Å². The minimum Gasteiger partial charge on any atom is -0.466 e. The average Bonchev–Trinajstić information content (AvgIpc) is 3.01. The summed E-state index contributed by atoms with van der Waals surface area (Å²) in [4.78, 5) is 12.8. The summed E-state index contributed by atoms with van der Waals surface area (Å²) in [7, 11) is -3.56. The zero-order valence-corrected chi connectivity index (χ0v) is 16.8. The van der Waals surface area contributed by atoms with Gasteiger partial charge in [0.2, 0.25) is 10.0 Å². The number of carbonyl (C=O) groups excluding carboxylic acids is 1. The molecule has 6 nitrogen and oxygen atoms in total. The lowest BCUT2D eigenvalue weighted by Gasteiger charge is -2.26. The Hall–Kier alpha value is -2.12. The molecule has 1 amide bonds. The Balaban J connectivity index is 1.78. The highest BCUT2D eigenvalue weighted by molar-refractivity contribution is 7.89. The van der Waals surface area contributed by atoms with Crippen molar-refractivity contribution in [2.24, 2.45) is 0 Å². The molecule has 3 rings (SSSR count). The smallest absolute Gasteiger partial charge is 0.251 e. The van der Waals surface area contributed by atoms with Gasteiger partial charge in [-0.3, -0.25) is 4.79 Å². The summed E-state index contributed by atoms with van der Waals surface area (Å²) in [5, 5.41) is 2.92. The Morgan fingerprint density at radius 2 is 1.85 bits per heavy atom. The van der Waals surface area contributed by atoms with Crippen LogP contribution in [0.1, 0.15) is 59.7 Å². The monoisotopic (exact) mass is 390 g/mol. The van der Waals surface area contributed by atoms with Crippen molar-refractivity contribution in [2.45, 2.75) is 51.0 Å². The van der Waals surface area contributed by atoms with Crippen molar-refractivity contribution in [3.8, 4) is 0 Å². The van der Waals surface area contributed by atoms with Gasteiger partial charge in [0, 0.05) is 24.2 Å². The molecular formula is C20H26N2O4S. The first-order valence-electron chi connectivity index (χ1n) is 9.27. The summed E-state index contributed by atoms with van der Waals surface area (Å²) < 4.78 is 32.7. The molecule has 1 aliphatic heterocycles. The number of piperidine rings is 1. The highest BCUT2D eigenvalue weighted by Gasteiger charge is 2.26. The molecule has 1 saturated heterocycles. The maximum atomic E-state index is 12.8. The molecule has 7 heteroatoms. The number of hydrogen-bond donors (Lipinski definition) is 1. The van der Waals surface area contributed by atoms with Crippen LogP contribution in [-0.2, 0) is 10.0 Å². The normalized spacial score (nSPS) is 16.9. The summed E-state index contributed by atoms with van der Waals surface area (Å²) in [6.07, 6.45) is 2.81. The molecule has 0 bridgehead atoms. The van der Waals surface area contributed by atoms with Gasteiger partial charge in [-0.15, -0.1) is 0 Å². The largest absolute Gasteiger partial charge is 0.466 e. The fourth-order valence-electron chi connectivity index (χ4n) is 3.49. The van der Waals surface area contributed by atoms with Crippen LogP contribution in [0.5, 0.6) is 0 Å². The third-order valence-corrected chi connectivity index (χ3v) is 6.84. The van der Waals surface area contributed by atoms with E-state index in [1.807, 2.05) is 26.8 Å². The average molecular weight is 391 g/mol. The molecule has 2 heterocycles. The maximum Gasteiger partial charge on any atom is 0.251 e. The number of nitrogens with one attached hydrogen (secondary N) is 1. The van der Waals surface area contributed by atoms with Crippen molar-refractivity contribution in [1.82, 2.24) is 9.62 Å². The quantitative estimate of drug-likeness (QED) is 0.846. The van der Waals surface area contributed by atoms with E-state index in [4.69, 9.17) is 4.42 Å². The number of amides is 1. The van der Waals surface area contributed by atoms with Crippen LogP contribution in [0.4, 0.5) is 0 Å². The first-order chi connectivity index (χ1) is 12.8. The molecule has 0 radical (unpaired) electrons. The number of carbonyl (C=O) groups is 1. The zero-order chi connectivity index (χ0) is 19.6. The Labute approximate surface area is 160 Å². The third kappa shape index (κ3) is 4.25. The Morgan fingerprint density at radius 3 is 2.48 bits per heavy atom. The second kappa shape index (κ2) is 7.86. The first kappa shape index (κ1) is 19.6. The summed E-state index contributed by atoms with van der Waals surface area (Å²) in [6.45, 7) is 6.67. The van der Waals surface area contributed by atoms with E-state index in [2.05, 4.69) is 5.32 Å². The van der Waals surface area contributed by atoms with Crippen LogP contribution in [0.25, 0.3) is 0 Å². The fourth-order valence-corrected chi connectivity index (χ4v) is 5.05. The van der Waals surface area contributed by atoms with Gasteiger partial charge in [-0.2, -0.15) is 4.31 Å². The molecule has 1 aromatic heterocycles. The number of hydrogen-bond acceptors (Lipinski definition) is 4. The van der Waals surface area contributed by atoms with Crippen LogP contribution < -0.4 is 5.32 Å². The van der Waals surface area contributed by atoms with Crippen LogP contribution in [0.15, 0.2) is 39.6 Å². The van der Waals surface area contributed by atoms with Gasteiger partial charge in [0.25, 0.3) is 5.91 Å². The predicted octanol–water partition coefficient (Wildman–Crippen LogP) is 3.56. The van der Waals surface area contributed by atoms with E-state index in [1.54, 1.807) is 18.2 Å². The number of benzene rings is 1. The van der Waals surface area contributed by atoms with Gasteiger partial charge in [0.05, 0.1) is 10.9 Å². The van der Waals surface area contributed by atoms with E-state index in [9.17, 15) is 13.2 Å². The number of aryl methyl sites for hydroxylation is 2. The van der Waals surface area contributed by atoms with E-state index < -0.39 is 10.0 Å². The van der Waals surface area contributed by atoms with Crippen LogP contribution in [0.3, 0.4) is 0 Å². The summed E-state index contributed by atoms with van der Waals surface area (Å²) in [6, 6.07) is 7.91. The molecule has 1 fully saturated rings. The first-order valence-corrected chi connectivity index (χ1v) is 10.7. The molecule has 0 spiro atoms. The van der Waals surface area contributed by atoms with E-state index in [1.165, 1.54) is 10.4 Å². The number of furan rings is 1. The van der Waals surface area contributed by atoms with Gasteiger partial charge in [0.15, 0.2) is 0 Å². The number of rotatable bonds is 5. The molecule has 1 aliphatic rings. The van der Waals surface area contributed by atoms with E-state index in [0.29, 0.717) is 18.7 Å². The van der Waals surface area contributed by atoms with Gasteiger partial charge >= 0.3 is 0 Å². The second-order valence-corrected chi connectivity index (χ2v) is 8.99. The van der Waals surface area contributed by atoms with Gasteiger partial charge in [-0.1, -0.05) is 12.5 Å². The summed E-state index contributed by atoms with van der Waals surface area (Å²) >= 11 is 0. The molecule has 2 aromatic rings. The van der Waals surface area contributed by atoms with Crippen molar-refractivity contribution >= 4 is 15.9 Å². The third-order valence-electron chi connectivity index (χ3n) is 4.94. The Bertz CT molecular complexity index is 927. The lowest BCUT2D eigenvalue weighted by molar-refractivity contribution is 0.0939. The van der Waals surface area contributed by atoms with Gasteiger partial charge < -0.3 is 9.73 Å². The molecule has 27 heavy (non-hydrogen) atoms. The summed E-state index contributed by atoms with van der Waals surface area (Å²) in [5.74, 6) is 1.25. The predicted molar refractivity (Wildman–Crippen MR) is 103 cm³/mol. The Kier molecular flexibility index (Phi) is 5.72. The standard InChI is InChI=1S/C20H26N2O4S/c1-14-12-19(16(3)26-14)15(2)21-20(23)17-8-7-9-18(13-17)27(24,25)22-10-5-4-6-11-22/h7-9,12-13,15H,4-6,10-11H2,1-3H3,(H,21,23). The topological polar surface area (TPSA) is 79.6 Å². The van der Waals surface area contributed by atoms with Crippen molar-refractivity contribution in [1.29, 1.82) is 0 Å². The molecule has 1 atom stereocenters. The lowest BCUT2D eigenvalue weighted by Crippen LogP contribution is -2.35. The molecule has 0 aliphatic carbocycles. The van der Waals surface area contributed by atoms with Crippen molar-refractivity contribution in [3.63, 3.8) is 0 Å². The fraction of sp³-hybridized carbons (Fsp3) is 0.450. The molecule has 1 N–H and O–H groups in total. The highest BCUT2D eigenvalue weighted by atomic mass is 32.2.